The molecule has 0 atom stereocenters. The maximum absolute atomic E-state index is 13.9. The highest BCUT2D eigenvalue weighted by molar-refractivity contribution is 7.98. The number of halogens is 1. The number of hydrogen-bond donors (Lipinski definition) is 1. The van der Waals surface area contributed by atoms with Crippen LogP contribution in [-0.4, -0.2) is 16.5 Å². The Labute approximate surface area is 123 Å². The van der Waals surface area contributed by atoms with Gasteiger partial charge in [0.2, 0.25) is 0 Å². The van der Waals surface area contributed by atoms with Crippen molar-refractivity contribution in [2.24, 2.45) is 0 Å². The molecule has 2 rings (SSSR count). The van der Waals surface area contributed by atoms with Crippen molar-refractivity contribution in [1.29, 1.82) is 0 Å². The van der Waals surface area contributed by atoms with Crippen LogP contribution >= 0.6 is 11.8 Å². The predicted octanol–water partition coefficient (Wildman–Crippen LogP) is 4.04. The minimum Gasteiger partial charge on any atom is -0.368 e. The van der Waals surface area contributed by atoms with Crippen LogP contribution < -0.4 is 5.32 Å². The molecule has 106 valence electrons. The monoisotopic (exact) mass is 291 g/mol. The van der Waals surface area contributed by atoms with E-state index in [2.05, 4.69) is 15.3 Å². The molecule has 0 spiro atoms. The molecule has 3 nitrogen and oxygen atoms in total. The fraction of sp³-hybridized carbons (Fsp3) is 0.333. The number of hydrogen-bond acceptors (Lipinski definition) is 4. The van der Waals surface area contributed by atoms with E-state index < -0.39 is 0 Å². The summed E-state index contributed by atoms with van der Waals surface area (Å²) < 4.78 is 13.9. The third-order valence-electron chi connectivity index (χ3n) is 2.72. The molecule has 0 saturated heterocycles. The zero-order valence-electron chi connectivity index (χ0n) is 11.7. The standard InChI is InChI=1S/C15H18FN3S/c1-3-9-17-15-14(16)11(2)18-13(19-15)10-20-12-7-5-4-6-8-12/h4-8H,3,9-10H2,1-2H3,(H,17,18,19). The normalized spacial score (nSPS) is 10.6. The van der Waals surface area contributed by atoms with Gasteiger partial charge in [-0.3, -0.25) is 0 Å². The third kappa shape index (κ3) is 3.93. The third-order valence-corrected chi connectivity index (χ3v) is 3.72. The first-order valence-corrected chi connectivity index (χ1v) is 7.64. The lowest BCUT2D eigenvalue weighted by molar-refractivity contribution is 0.601. The Morgan fingerprint density at radius 2 is 1.95 bits per heavy atom. The van der Waals surface area contributed by atoms with E-state index in [1.54, 1.807) is 18.7 Å². The lowest BCUT2D eigenvalue weighted by Crippen LogP contribution is -2.09. The molecule has 0 fully saturated rings. The van der Waals surface area contributed by atoms with Gasteiger partial charge in [-0.25, -0.2) is 14.4 Å². The van der Waals surface area contributed by atoms with Crippen LogP contribution in [0.2, 0.25) is 0 Å². The van der Waals surface area contributed by atoms with Gasteiger partial charge in [-0.15, -0.1) is 11.8 Å². The van der Waals surface area contributed by atoms with Gasteiger partial charge in [-0.1, -0.05) is 25.1 Å². The van der Waals surface area contributed by atoms with E-state index in [4.69, 9.17) is 0 Å². The lowest BCUT2D eigenvalue weighted by Gasteiger charge is -2.09. The molecule has 2 aromatic rings. The van der Waals surface area contributed by atoms with Crippen LogP contribution in [0.3, 0.4) is 0 Å². The van der Waals surface area contributed by atoms with E-state index in [1.807, 2.05) is 37.3 Å². The number of nitrogens with one attached hydrogen (secondary N) is 1. The first-order chi connectivity index (χ1) is 9.70. The van der Waals surface area contributed by atoms with Gasteiger partial charge in [0, 0.05) is 11.4 Å². The Balaban J connectivity index is 2.09. The minimum absolute atomic E-state index is 0.308. The van der Waals surface area contributed by atoms with E-state index >= 15 is 0 Å². The van der Waals surface area contributed by atoms with Gasteiger partial charge >= 0.3 is 0 Å². The van der Waals surface area contributed by atoms with Crippen molar-refractivity contribution >= 4 is 17.6 Å². The summed E-state index contributed by atoms with van der Waals surface area (Å²) in [5.41, 5.74) is 0.391. The molecule has 5 heteroatoms. The summed E-state index contributed by atoms with van der Waals surface area (Å²) in [4.78, 5) is 9.63. The number of rotatable bonds is 6. The van der Waals surface area contributed by atoms with Crippen molar-refractivity contribution in [2.45, 2.75) is 30.9 Å². The van der Waals surface area contributed by atoms with Crippen LogP contribution in [0.4, 0.5) is 10.2 Å². The molecule has 20 heavy (non-hydrogen) atoms. The summed E-state index contributed by atoms with van der Waals surface area (Å²) in [6.45, 7) is 4.41. The molecule has 0 amide bonds. The molecule has 0 radical (unpaired) electrons. The molecule has 1 N–H and O–H groups in total. The summed E-state index contributed by atoms with van der Waals surface area (Å²) >= 11 is 1.65. The molecule has 0 aliphatic rings. The van der Waals surface area contributed by atoms with Gasteiger partial charge in [0.05, 0.1) is 11.4 Å². The van der Waals surface area contributed by atoms with E-state index in [-0.39, 0.29) is 5.82 Å². The summed E-state index contributed by atoms with van der Waals surface area (Å²) in [5.74, 6) is 1.23. The molecule has 0 bridgehead atoms. The van der Waals surface area contributed by atoms with Crippen LogP contribution in [-0.2, 0) is 5.75 Å². The zero-order chi connectivity index (χ0) is 14.4. The van der Waals surface area contributed by atoms with Crippen molar-refractivity contribution in [2.75, 3.05) is 11.9 Å². The summed E-state index contributed by atoms with van der Waals surface area (Å²) in [5, 5.41) is 3.01. The number of thioether (sulfide) groups is 1. The Morgan fingerprint density at radius 3 is 2.65 bits per heavy atom. The average Bonchev–Trinajstić information content (AvgIpc) is 2.48. The maximum Gasteiger partial charge on any atom is 0.186 e. The first kappa shape index (κ1) is 14.8. The number of benzene rings is 1. The minimum atomic E-state index is -0.355. The Kier molecular flexibility index (Phi) is 5.35. The smallest absolute Gasteiger partial charge is 0.186 e. The molecule has 0 aliphatic carbocycles. The van der Waals surface area contributed by atoms with E-state index in [9.17, 15) is 4.39 Å². The Morgan fingerprint density at radius 1 is 1.20 bits per heavy atom. The molecular weight excluding hydrogens is 273 g/mol. The summed E-state index contributed by atoms with van der Waals surface area (Å²) in [6, 6.07) is 10.0. The van der Waals surface area contributed by atoms with Crippen LogP contribution in [0.5, 0.6) is 0 Å². The lowest BCUT2D eigenvalue weighted by atomic mass is 10.3. The number of anilines is 1. The predicted molar refractivity (Wildman–Crippen MR) is 81.5 cm³/mol. The first-order valence-electron chi connectivity index (χ1n) is 6.65. The van der Waals surface area contributed by atoms with Gasteiger partial charge in [0.15, 0.2) is 11.6 Å². The van der Waals surface area contributed by atoms with E-state index in [1.165, 1.54) is 0 Å². The second-order valence-electron chi connectivity index (χ2n) is 4.42. The van der Waals surface area contributed by atoms with Crippen molar-refractivity contribution in [3.8, 4) is 0 Å². The number of aryl methyl sites for hydroxylation is 1. The molecule has 1 aromatic heterocycles. The largest absolute Gasteiger partial charge is 0.368 e. The SMILES string of the molecule is CCCNc1nc(CSc2ccccc2)nc(C)c1F. The van der Waals surface area contributed by atoms with Gasteiger partial charge in [-0.05, 0) is 25.5 Å². The Hall–Kier alpha value is -1.62. The highest BCUT2D eigenvalue weighted by atomic mass is 32.2. The van der Waals surface area contributed by atoms with Crippen LogP contribution in [0, 0.1) is 12.7 Å². The molecule has 0 aliphatic heterocycles. The summed E-state index contributed by atoms with van der Waals surface area (Å²) in [6.07, 6.45) is 0.927. The van der Waals surface area contributed by atoms with Crippen LogP contribution in [0.25, 0.3) is 0 Å². The van der Waals surface area contributed by atoms with Gasteiger partial charge in [0.1, 0.15) is 5.82 Å². The van der Waals surface area contributed by atoms with E-state index in [0.29, 0.717) is 29.6 Å². The highest BCUT2D eigenvalue weighted by Crippen LogP contribution is 2.22. The molecule has 0 unspecified atom stereocenters. The topological polar surface area (TPSA) is 37.8 Å². The van der Waals surface area contributed by atoms with Crippen molar-refractivity contribution in [1.82, 2.24) is 9.97 Å². The quantitative estimate of drug-likeness (QED) is 0.815. The molecule has 1 aromatic carbocycles. The number of nitrogens with zero attached hydrogens (tertiary/aromatic N) is 2. The molecule has 0 saturated carbocycles. The molecule has 1 heterocycles. The van der Waals surface area contributed by atoms with Crippen LogP contribution in [0.1, 0.15) is 24.9 Å². The van der Waals surface area contributed by atoms with Crippen molar-refractivity contribution in [3.63, 3.8) is 0 Å². The fourth-order valence-corrected chi connectivity index (χ4v) is 2.48. The second kappa shape index (κ2) is 7.24. The second-order valence-corrected chi connectivity index (χ2v) is 5.47. The Bertz CT molecular complexity index is 561. The van der Waals surface area contributed by atoms with Gasteiger partial charge < -0.3 is 5.32 Å². The molecular formula is C15H18FN3S. The number of aromatic nitrogens is 2. The van der Waals surface area contributed by atoms with Crippen LogP contribution in [0.15, 0.2) is 35.2 Å². The van der Waals surface area contributed by atoms with Gasteiger partial charge in [0.25, 0.3) is 0 Å². The zero-order valence-corrected chi connectivity index (χ0v) is 12.5. The maximum atomic E-state index is 13.9. The van der Waals surface area contributed by atoms with E-state index in [0.717, 1.165) is 11.3 Å². The average molecular weight is 291 g/mol. The van der Waals surface area contributed by atoms with Gasteiger partial charge in [-0.2, -0.15) is 0 Å². The highest BCUT2D eigenvalue weighted by Gasteiger charge is 2.11. The van der Waals surface area contributed by atoms with Crippen molar-refractivity contribution < 1.29 is 4.39 Å². The summed E-state index contributed by atoms with van der Waals surface area (Å²) in [7, 11) is 0. The van der Waals surface area contributed by atoms with Crippen molar-refractivity contribution in [3.05, 3.63) is 47.7 Å². The fourth-order valence-electron chi connectivity index (χ4n) is 1.71.